The van der Waals surface area contributed by atoms with E-state index in [1.807, 2.05) is 54.1 Å². The van der Waals surface area contributed by atoms with Crippen molar-refractivity contribution in [2.45, 2.75) is 58.5 Å². The van der Waals surface area contributed by atoms with E-state index in [1.54, 1.807) is 18.2 Å². The molecule has 0 aliphatic heterocycles. The van der Waals surface area contributed by atoms with Gasteiger partial charge in [0.05, 0.1) is 4.92 Å². The number of carbonyl (C=O) groups excluding carboxylic acids is 1. The third-order valence-electron chi connectivity index (χ3n) is 7.73. The van der Waals surface area contributed by atoms with Crippen LogP contribution in [0.1, 0.15) is 62.6 Å². The average Bonchev–Trinajstić information content (AvgIpc) is 3.31. The number of nitrogens with zero attached hydrogens (tertiary/aromatic N) is 3. The van der Waals surface area contributed by atoms with Crippen LogP contribution >= 0.6 is 0 Å². The normalized spacial score (nSPS) is 12.9. The van der Waals surface area contributed by atoms with Gasteiger partial charge in [0, 0.05) is 54.2 Å². The molecule has 1 amide bonds. The lowest BCUT2D eigenvalue weighted by molar-refractivity contribution is -0.384. The number of aromatic nitrogens is 1. The molecule has 0 bridgehead atoms. The Bertz CT molecular complexity index is 1470. The Labute approximate surface area is 241 Å². The number of amides is 1. The molecule has 1 heterocycles. The Morgan fingerprint density at radius 2 is 1.80 bits per heavy atom. The van der Waals surface area contributed by atoms with Crippen molar-refractivity contribution in [2.24, 2.45) is 0 Å². The molecule has 4 aromatic rings. The summed E-state index contributed by atoms with van der Waals surface area (Å²) in [4.78, 5) is 27.0. The molecule has 0 saturated heterocycles. The highest BCUT2D eigenvalue weighted by atomic mass is 19.1. The van der Waals surface area contributed by atoms with Crippen molar-refractivity contribution in [3.63, 3.8) is 0 Å². The van der Waals surface area contributed by atoms with Gasteiger partial charge < -0.3 is 14.8 Å². The molecule has 0 saturated carbocycles. The first-order valence-corrected chi connectivity index (χ1v) is 14.4. The molecule has 1 aromatic heterocycles. The summed E-state index contributed by atoms with van der Waals surface area (Å²) in [7, 11) is 0. The highest BCUT2D eigenvalue weighted by Gasteiger charge is 2.25. The molecule has 0 spiro atoms. The zero-order chi connectivity index (χ0) is 29.4. The summed E-state index contributed by atoms with van der Waals surface area (Å²) in [5, 5.41) is 15.5. The van der Waals surface area contributed by atoms with Crippen LogP contribution in [0.15, 0.2) is 79.0 Å². The first-order chi connectivity index (χ1) is 19.8. The average molecular weight is 559 g/mol. The zero-order valence-corrected chi connectivity index (χ0v) is 24.1. The van der Waals surface area contributed by atoms with Gasteiger partial charge in [0.15, 0.2) is 0 Å². The molecule has 7 nitrogen and oxygen atoms in total. The molecule has 8 heteroatoms. The first-order valence-electron chi connectivity index (χ1n) is 14.4. The van der Waals surface area contributed by atoms with Crippen LogP contribution in [0.25, 0.3) is 10.9 Å². The van der Waals surface area contributed by atoms with Crippen molar-refractivity contribution in [1.82, 2.24) is 14.8 Å². The van der Waals surface area contributed by atoms with Gasteiger partial charge in [0.2, 0.25) is 5.91 Å². The van der Waals surface area contributed by atoms with Gasteiger partial charge in [0.25, 0.3) is 5.69 Å². The van der Waals surface area contributed by atoms with Gasteiger partial charge in [-0.25, -0.2) is 4.39 Å². The Balaban J connectivity index is 1.67. The SMILES string of the molecule is CCN(CC)CCC[C@@H](C)NC(=O)C[C@H](c1cccc(F)c1)c1cn(Cc2ccccc2)c2ccc([N+](=O)[O-])cc12. The van der Waals surface area contributed by atoms with E-state index < -0.39 is 16.7 Å². The van der Waals surface area contributed by atoms with E-state index in [0.29, 0.717) is 17.5 Å². The Morgan fingerprint density at radius 1 is 1.05 bits per heavy atom. The number of carbonyl (C=O) groups is 1. The Hall–Kier alpha value is -4.04. The molecule has 4 rings (SSSR count). The summed E-state index contributed by atoms with van der Waals surface area (Å²) in [5.74, 6) is -1.02. The predicted octanol–water partition coefficient (Wildman–Crippen LogP) is 6.89. The second-order valence-electron chi connectivity index (χ2n) is 10.6. The maximum atomic E-state index is 14.4. The van der Waals surface area contributed by atoms with Gasteiger partial charge in [-0.3, -0.25) is 14.9 Å². The fraction of sp³-hybridized carbons (Fsp3) is 0.364. The third kappa shape index (κ3) is 7.79. The minimum atomic E-state index is -0.491. The highest BCUT2D eigenvalue weighted by Crippen LogP contribution is 2.37. The number of non-ortho nitro benzene ring substituents is 1. The number of hydrogen-bond acceptors (Lipinski definition) is 4. The molecule has 2 atom stereocenters. The molecule has 41 heavy (non-hydrogen) atoms. The molecule has 1 N–H and O–H groups in total. The zero-order valence-electron chi connectivity index (χ0n) is 24.1. The minimum absolute atomic E-state index is 0.00766. The van der Waals surface area contributed by atoms with Crippen molar-refractivity contribution in [3.05, 3.63) is 112 Å². The largest absolute Gasteiger partial charge is 0.354 e. The summed E-state index contributed by atoms with van der Waals surface area (Å²) in [6.45, 7) is 9.84. The lowest BCUT2D eigenvalue weighted by atomic mass is 9.87. The maximum Gasteiger partial charge on any atom is 0.270 e. The van der Waals surface area contributed by atoms with E-state index >= 15 is 0 Å². The summed E-state index contributed by atoms with van der Waals surface area (Å²) >= 11 is 0. The van der Waals surface area contributed by atoms with Gasteiger partial charge in [-0.15, -0.1) is 0 Å². The van der Waals surface area contributed by atoms with Crippen molar-refractivity contribution >= 4 is 22.5 Å². The summed E-state index contributed by atoms with van der Waals surface area (Å²) in [6, 6.07) is 21.0. The highest BCUT2D eigenvalue weighted by molar-refractivity contribution is 5.88. The molecule has 0 unspecified atom stereocenters. The summed E-state index contributed by atoms with van der Waals surface area (Å²) in [5.41, 5.74) is 3.28. The number of benzene rings is 3. The van der Waals surface area contributed by atoms with E-state index in [0.717, 1.165) is 49.1 Å². The molecular formula is C33H39FN4O3. The van der Waals surface area contributed by atoms with Crippen LogP contribution in [-0.4, -0.2) is 46.0 Å². The quantitative estimate of drug-likeness (QED) is 0.135. The van der Waals surface area contributed by atoms with Crippen molar-refractivity contribution < 1.29 is 14.1 Å². The standard InChI is InChI=1S/C33H39FN4O3/c1-4-36(5-2)18-10-11-24(3)35-33(39)21-29(26-14-9-15-27(34)19-26)31-23-37(22-25-12-7-6-8-13-25)32-17-16-28(38(40)41)20-30(31)32/h6-9,12-17,19-20,23-24,29H,4-5,10-11,18,21-22H2,1-3H3,(H,35,39)/t24-,29-/m1/s1. The number of nitro benzene ring substituents is 1. The van der Waals surface area contributed by atoms with E-state index in [-0.39, 0.29) is 24.1 Å². The molecule has 0 aliphatic carbocycles. The molecule has 216 valence electrons. The third-order valence-corrected chi connectivity index (χ3v) is 7.73. The Kier molecular flexibility index (Phi) is 10.2. The predicted molar refractivity (Wildman–Crippen MR) is 162 cm³/mol. The van der Waals surface area contributed by atoms with Gasteiger partial charge >= 0.3 is 0 Å². The molecule has 3 aromatic carbocycles. The second-order valence-corrected chi connectivity index (χ2v) is 10.6. The lowest BCUT2D eigenvalue weighted by Crippen LogP contribution is -2.34. The summed E-state index contributed by atoms with van der Waals surface area (Å²) < 4.78 is 16.5. The number of hydrogen-bond donors (Lipinski definition) is 1. The van der Waals surface area contributed by atoms with E-state index in [1.165, 1.54) is 18.2 Å². The molecule has 0 aliphatic rings. The van der Waals surface area contributed by atoms with Crippen LogP contribution in [0.5, 0.6) is 0 Å². The monoisotopic (exact) mass is 558 g/mol. The van der Waals surface area contributed by atoms with Crippen molar-refractivity contribution in [2.75, 3.05) is 19.6 Å². The number of fused-ring (bicyclic) bond motifs is 1. The van der Waals surface area contributed by atoms with Crippen LogP contribution in [0, 0.1) is 15.9 Å². The first kappa shape index (κ1) is 29.9. The molecule has 0 radical (unpaired) electrons. The van der Waals surface area contributed by atoms with E-state index in [4.69, 9.17) is 0 Å². The van der Waals surface area contributed by atoms with Gasteiger partial charge in [-0.05, 0) is 74.3 Å². The fourth-order valence-electron chi connectivity index (χ4n) is 5.50. The van der Waals surface area contributed by atoms with Crippen LogP contribution in [0.2, 0.25) is 0 Å². The topological polar surface area (TPSA) is 80.4 Å². The Morgan fingerprint density at radius 3 is 2.49 bits per heavy atom. The van der Waals surface area contributed by atoms with Gasteiger partial charge in [-0.2, -0.15) is 0 Å². The number of halogens is 1. The number of nitrogens with one attached hydrogen (secondary N) is 1. The summed E-state index contributed by atoms with van der Waals surface area (Å²) in [6.07, 6.45) is 3.89. The van der Waals surface area contributed by atoms with Crippen LogP contribution in [0.3, 0.4) is 0 Å². The van der Waals surface area contributed by atoms with Crippen LogP contribution < -0.4 is 5.32 Å². The van der Waals surface area contributed by atoms with Crippen LogP contribution in [0.4, 0.5) is 10.1 Å². The van der Waals surface area contributed by atoms with Crippen molar-refractivity contribution in [3.8, 4) is 0 Å². The maximum absolute atomic E-state index is 14.4. The van der Waals surface area contributed by atoms with Crippen LogP contribution in [-0.2, 0) is 11.3 Å². The van der Waals surface area contributed by atoms with E-state index in [2.05, 4.69) is 24.1 Å². The van der Waals surface area contributed by atoms with Gasteiger partial charge in [-0.1, -0.05) is 56.3 Å². The van der Waals surface area contributed by atoms with Gasteiger partial charge in [0.1, 0.15) is 5.82 Å². The van der Waals surface area contributed by atoms with Crippen molar-refractivity contribution in [1.29, 1.82) is 0 Å². The van der Waals surface area contributed by atoms with E-state index in [9.17, 15) is 19.3 Å². The second kappa shape index (κ2) is 14.0. The number of rotatable bonds is 14. The fourth-order valence-corrected chi connectivity index (χ4v) is 5.50. The smallest absolute Gasteiger partial charge is 0.270 e. The molecular weight excluding hydrogens is 519 g/mol. The minimum Gasteiger partial charge on any atom is -0.354 e. The lowest BCUT2D eigenvalue weighted by Gasteiger charge is -2.21. The number of nitro groups is 1. The molecule has 0 fully saturated rings.